The molecule has 1 aromatic rings. The first-order valence-corrected chi connectivity index (χ1v) is 6.28. The number of aliphatic hydroxyl groups excluding tert-OH is 1. The molecule has 18 heavy (non-hydrogen) atoms. The Morgan fingerprint density at radius 2 is 1.72 bits per heavy atom. The van der Waals surface area contributed by atoms with Gasteiger partial charge in [-0.05, 0) is 38.5 Å². The monoisotopic (exact) mass is 270 g/mol. The van der Waals surface area contributed by atoms with Crippen molar-refractivity contribution in [3.63, 3.8) is 0 Å². The maximum Gasteiger partial charge on any atom is 0.315 e. The predicted molar refractivity (Wildman–Crippen MR) is 72.7 cm³/mol. The van der Waals surface area contributed by atoms with E-state index in [-0.39, 0.29) is 18.1 Å². The third-order valence-corrected chi connectivity index (χ3v) is 2.72. The molecular weight excluding hydrogens is 252 g/mol. The molecule has 0 aliphatic rings. The number of halogens is 1. The van der Waals surface area contributed by atoms with E-state index in [1.807, 2.05) is 13.8 Å². The van der Waals surface area contributed by atoms with Crippen LogP contribution in [0.1, 0.15) is 32.4 Å². The maximum absolute atomic E-state index is 11.5. The third-order valence-electron chi connectivity index (χ3n) is 2.46. The van der Waals surface area contributed by atoms with E-state index >= 15 is 0 Å². The van der Waals surface area contributed by atoms with Crippen molar-refractivity contribution < 1.29 is 9.90 Å². The molecule has 0 aliphatic carbocycles. The fourth-order valence-corrected chi connectivity index (χ4v) is 1.66. The highest BCUT2D eigenvalue weighted by Crippen LogP contribution is 2.19. The molecule has 1 aromatic carbocycles. The van der Waals surface area contributed by atoms with Crippen molar-refractivity contribution >= 4 is 17.6 Å². The number of urea groups is 1. The Bertz CT molecular complexity index is 392. The molecule has 0 fully saturated rings. The van der Waals surface area contributed by atoms with Gasteiger partial charge in [0, 0.05) is 11.1 Å². The first-order valence-electron chi connectivity index (χ1n) is 5.90. The molecule has 0 heterocycles. The molecule has 100 valence electrons. The minimum Gasteiger partial charge on any atom is -0.386 e. The lowest BCUT2D eigenvalue weighted by molar-refractivity contribution is 0.137. The summed E-state index contributed by atoms with van der Waals surface area (Å²) in [5.41, 5.74) is 0.719. The topological polar surface area (TPSA) is 61.4 Å². The molecule has 1 rings (SSSR count). The Kier molecular flexibility index (Phi) is 5.44. The standard InChI is InChI=1S/C13H19ClN2O2/c1-8(2)15-13(18)16-9(3)12(17)10-4-6-11(14)7-5-10/h4-9,12,17H,1-3H3,(H2,15,16,18). The van der Waals surface area contributed by atoms with Crippen LogP contribution in [0, 0.1) is 0 Å². The number of nitrogens with one attached hydrogen (secondary N) is 2. The van der Waals surface area contributed by atoms with E-state index in [1.54, 1.807) is 31.2 Å². The van der Waals surface area contributed by atoms with E-state index in [0.717, 1.165) is 5.56 Å². The average Bonchev–Trinajstić information content (AvgIpc) is 2.27. The van der Waals surface area contributed by atoms with Crippen molar-refractivity contribution in [2.24, 2.45) is 0 Å². The lowest BCUT2D eigenvalue weighted by Gasteiger charge is -2.21. The zero-order valence-electron chi connectivity index (χ0n) is 10.8. The van der Waals surface area contributed by atoms with Crippen LogP contribution in [0.15, 0.2) is 24.3 Å². The van der Waals surface area contributed by atoms with Gasteiger partial charge in [0.05, 0.1) is 12.1 Å². The van der Waals surface area contributed by atoms with E-state index in [0.29, 0.717) is 5.02 Å². The molecule has 3 N–H and O–H groups in total. The fourth-order valence-electron chi connectivity index (χ4n) is 1.54. The lowest BCUT2D eigenvalue weighted by atomic mass is 10.0. The zero-order chi connectivity index (χ0) is 13.7. The van der Waals surface area contributed by atoms with Crippen LogP contribution in [0.2, 0.25) is 5.02 Å². The maximum atomic E-state index is 11.5. The largest absolute Gasteiger partial charge is 0.386 e. The summed E-state index contributed by atoms with van der Waals surface area (Å²) in [5.74, 6) is 0. The predicted octanol–water partition coefficient (Wildman–Crippen LogP) is 2.47. The molecule has 0 saturated heterocycles. The summed E-state index contributed by atoms with van der Waals surface area (Å²) in [4.78, 5) is 11.5. The van der Waals surface area contributed by atoms with Crippen molar-refractivity contribution in [2.45, 2.75) is 39.0 Å². The molecule has 0 aromatic heterocycles. The van der Waals surface area contributed by atoms with Crippen LogP contribution >= 0.6 is 11.6 Å². The van der Waals surface area contributed by atoms with Gasteiger partial charge < -0.3 is 15.7 Å². The van der Waals surface area contributed by atoms with Gasteiger partial charge >= 0.3 is 6.03 Å². The van der Waals surface area contributed by atoms with Gasteiger partial charge in [-0.2, -0.15) is 0 Å². The summed E-state index contributed by atoms with van der Waals surface area (Å²) in [6.07, 6.45) is -0.764. The van der Waals surface area contributed by atoms with Crippen molar-refractivity contribution in [3.8, 4) is 0 Å². The highest BCUT2D eigenvalue weighted by atomic mass is 35.5. The van der Waals surface area contributed by atoms with Gasteiger partial charge in [-0.15, -0.1) is 0 Å². The molecule has 2 amide bonds. The summed E-state index contributed by atoms with van der Waals surface area (Å²) in [6, 6.07) is 6.29. The number of amides is 2. The first kappa shape index (κ1) is 14.8. The minimum atomic E-state index is -0.764. The second-order valence-electron chi connectivity index (χ2n) is 4.56. The second-order valence-corrected chi connectivity index (χ2v) is 4.99. The smallest absolute Gasteiger partial charge is 0.315 e. The number of carbonyl (C=O) groups is 1. The Morgan fingerprint density at radius 1 is 1.17 bits per heavy atom. The number of carbonyl (C=O) groups excluding carboxylic acids is 1. The van der Waals surface area contributed by atoms with E-state index in [2.05, 4.69) is 10.6 Å². The molecule has 2 atom stereocenters. The van der Waals surface area contributed by atoms with Gasteiger partial charge in [-0.25, -0.2) is 4.79 Å². The highest BCUT2D eigenvalue weighted by Gasteiger charge is 2.18. The van der Waals surface area contributed by atoms with Crippen LogP contribution in [-0.2, 0) is 0 Å². The van der Waals surface area contributed by atoms with Crippen LogP contribution in [0.3, 0.4) is 0 Å². The summed E-state index contributed by atoms with van der Waals surface area (Å²) in [5, 5.41) is 16.1. The summed E-state index contributed by atoms with van der Waals surface area (Å²) in [7, 11) is 0. The quantitative estimate of drug-likeness (QED) is 0.787. The van der Waals surface area contributed by atoms with Crippen LogP contribution in [0.5, 0.6) is 0 Å². The molecule has 0 spiro atoms. The van der Waals surface area contributed by atoms with E-state index in [9.17, 15) is 9.90 Å². The molecule has 2 unspecified atom stereocenters. The SMILES string of the molecule is CC(C)NC(=O)NC(C)C(O)c1ccc(Cl)cc1. The Morgan fingerprint density at radius 3 is 2.22 bits per heavy atom. The van der Waals surface area contributed by atoms with Crippen LogP contribution in [0.25, 0.3) is 0 Å². The number of rotatable bonds is 4. The van der Waals surface area contributed by atoms with E-state index < -0.39 is 6.10 Å². The Labute approximate surface area is 112 Å². The van der Waals surface area contributed by atoms with Gasteiger partial charge in [0.25, 0.3) is 0 Å². The van der Waals surface area contributed by atoms with E-state index in [4.69, 9.17) is 11.6 Å². The Balaban J connectivity index is 2.58. The first-order chi connectivity index (χ1) is 8.40. The van der Waals surface area contributed by atoms with Gasteiger partial charge in [0.2, 0.25) is 0 Å². The van der Waals surface area contributed by atoms with Crippen LogP contribution in [0.4, 0.5) is 4.79 Å². The number of benzene rings is 1. The third kappa shape index (κ3) is 4.55. The summed E-state index contributed by atoms with van der Waals surface area (Å²) < 4.78 is 0. The average molecular weight is 271 g/mol. The van der Waals surface area contributed by atoms with Gasteiger partial charge in [-0.3, -0.25) is 0 Å². The molecule has 0 saturated carbocycles. The van der Waals surface area contributed by atoms with E-state index in [1.165, 1.54) is 0 Å². The molecule has 0 radical (unpaired) electrons. The van der Waals surface area contributed by atoms with Gasteiger partial charge in [0.15, 0.2) is 0 Å². The minimum absolute atomic E-state index is 0.0601. The Hall–Kier alpha value is -1.26. The molecule has 0 aliphatic heterocycles. The highest BCUT2D eigenvalue weighted by molar-refractivity contribution is 6.30. The molecular formula is C13H19ClN2O2. The normalized spacial score (nSPS) is 14.1. The lowest BCUT2D eigenvalue weighted by Crippen LogP contribution is -2.45. The number of hydrogen-bond acceptors (Lipinski definition) is 2. The van der Waals surface area contributed by atoms with Crippen LogP contribution in [-0.4, -0.2) is 23.2 Å². The molecule has 0 bridgehead atoms. The van der Waals surface area contributed by atoms with Crippen molar-refractivity contribution in [3.05, 3.63) is 34.9 Å². The van der Waals surface area contributed by atoms with Crippen molar-refractivity contribution in [1.82, 2.24) is 10.6 Å². The summed E-state index contributed by atoms with van der Waals surface area (Å²) >= 11 is 5.78. The van der Waals surface area contributed by atoms with Crippen molar-refractivity contribution in [1.29, 1.82) is 0 Å². The summed E-state index contributed by atoms with van der Waals surface area (Å²) in [6.45, 7) is 5.50. The van der Waals surface area contributed by atoms with Crippen LogP contribution < -0.4 is 10.6 Å². The fraction of sp³-hybridized carbons (Fsp3) is 0.462. The molecule has 5 heteroatoms. The zero-order valence-corrected chi connectivity index (χ0v) is 11.5. The second kappa shape index (κ2) is 6.61. The molecule has 4 nitrogen and oxygen atoms in total. The number of hydrogen-bond donors (Lipinski definition) is 3. The van der Waals surface area contributed by atoms with Gasteiger partial charge in [0.1, 0.15) is 0 Å². The number of aliphatic hydroxyl groups is 1. The van der Waals surface area contributed by atoms with Crippen molar-refractivity contribution in [2.75, 3.05) is 0 Å². The van der Waals surface area contributed by atoms with Gasteiger partial charge in [-0.1, -0.05) is 23.7 Å².